The molecule has 0 saturated carbocycles. The molecule has 0 saturated heterocycles. The highest BCUT2D eigenvalue weighted by Gasteiger charge is 2.13. The Morgan fingerprint density at radius 1 is 0.889 bits per heavy atom. The molecule has 1 unspecified atom stereocenters. The zero-order chi connectivity index (χ0) is 20.5. The first-order valence-electron chi connectivity index (χ1n) is 10.6. The van der Waals surface area contributed by atoms with Gasteiger partial charge in [-0.1, -0.05) is 89.8 Å². The molecule has 0 radical (unpaired) electrons. The maximum absolute atomic E-state index is 11.3. The molecule has 4 nitrogen and oxygen atoms in total. The summed E-state index contributed by atoms with van der Waals surface area (Å²) in [4.78, 5) is 0.0610. The molecule has 0 aliphatic heterocycles. The lowest BCUT2D eigenvalue weighted by Crippen LogP contribution is -2.11. The predicted molar refractivity (Wildman–Crippen MR) is 116 cm³/mol. The molecule has 0 bridgehead atoms. The molecule has 0 heterocycles. The standard InChI is InChI=1S/C18H30O3S.C4H11N/c1-2-3-4-5-6-7-8-9-10-11-14-17-15-12-13-16-18(17)22(19,20)21;1-3-4(2)5/h12-13,15-16H,2-11,14H2,1H3,(H,19,20,21);4H,3,5H2,1-2H3. The van der Waals surface area contributed by atoms with E-state index in [9.17, 15) is 13.0 Å². The average Bonchev–Trinajstić information content (AvgIpc) is 2.63. The van der Waals surface area contributed by atoms with Crippen LogP contribution >= 0.6 is 0 Å². The predicted octanol–water partition coefficient (Wildman–Crippen LogP) is 6.14. The van der Waals surface area contributed by atoms with E-state index >= 15 is 0 Å². The van der Waals surface area contributed by atoms with E-state index in [0.717, 1.165) is 24.8 Å². The van der Waals surface area contributed by atoms with Gasteiger partial charge in [0.05, 0.1) is 4.90 Å². The van der Waals surface area contributed by atoms with Crippen molar-refractivity contribution in [1.82, 2.24) is 0 Å². The van der Waals surface area contributed by atoms with Gasteiger partial charge in [-0.15, -0.1) is 0 Å². The first kappa shape index (κ1) is 26.1. The fourth-order valence-corrected chi connectivity index (χ4v) is 3.52. The van der Waals surface area contributed by atoms with Gasteiger partial charge in [0.25, 0.3) is 10.1 Å². The van der Waals surface area contributed by atoms with Gasteiger partial charge < -0.3 is 5.73 Å². The molecule has 0 fully saturated rings. The minimum atomic E-state index is -4.10. The molecular weight excluding hydrogens is 358 g/mol. The monoisotopic (exact) mass is 399 g/mol. The van der Waals surface area contributed by atoms with Gasteiger partial charge in [-0.3, -0.25) is 4.55 Å². The lowest BCUT2D eigenvalue weighted by atomic mass is 10.0. The summed E-state index contributed by atoms with van der Waals surface area (Å²) in [6, 6.07) is 7.11. The van der Waals surface area contributed by atoms with Crippen molar-refractivity contribution in [2.75, 3.05) is 0 Å². The first-order chi connectivity index (χ1) is 12.8. The number of unbranched alkanes of at least 4 members (excludes halogenated alkanes) is 9. The molecule has 0 aliphatic carbocycles. The summed E-state index contributed by atoms with van der Waals surface area (Å²) >= 11 is 0. The second-order valence-corrected chi connectivity index (χ2v) is 8.79. The lowest BCUT2D eigenvalue weighted by Gasteiger charge is -2.07. The van der Waals surface area contributed by atoms with Crippen LogP contribution in [-0.4, -0.2) is 19.0 Å². The van der Waals surface area contributed by atoms with Crippen molar-refractivity contribution in [1.29, 1.82) is 0 Å². The van der Waals surface area contributed by atoms with E-state index in [0.29, 0.717) is 12.5 Å². The summed E-state index contributed by atoms with van der Waals surface area (Å²) in [5.41, 5.74) is 6.02. The highest BCUT2D eigenvalue weighted by Crippen LogP contribution is 2.18. The van der Waals surface area contributed by atoms with Gasteiger partial charge in [0, 0.05) is 6.04 Å². The Morgan fingerprint density at radius 3 is 1.78 bits per heavy atom. The number of rotatable bonds is 13. The average molecular weight is 400 g/mol. The van der Waals surface area contributed by atoms with Crippen LogP contribution in [0.15, 0.2) is 29.2 Å². The van der Waals surface area contributed by atoms with E-state index < -0.39 is 10.1 Å². The largest absolute Gasteiger partial charge is 0.328 e. The maximum Gasteiger partial charge on any atom is 0.294 e. The Hall–Kier alpha value is -0.910. The molecule has 5 heteroatoms. The second-order valence-electron chi connectivity index (χ2n) is 7.40. The van der Waals surface area contributed by atoms with E-state index in [-0.39, 0.29) is 4.90 Å². The normalized spacial score (nSPS) is 12.3. The number of nitrogens with two attached hydrogens (primary N) is 1. The van der Waals surface area contributed by atoms with Gasteiger partial charge in [0.2, 0.25) is 0 Å². The van der Waals surface area contributed by atoms with E-state index in [1.165, 1.54) is 57.4 Å². The van der Waals surface area contributed by atoms with E-state index in [1.54, 1.807) is 12.1 Å². The molecule has 1 aromatic carbocycles. The second kappa shape index (κ2) is 16.1. The Balaban J connectivity index is 0.00000119. The molecule has 0 amide bonds. The van der Waals surface area contributed by atoms with Crippen molar-refractivity contribution >= 4 is 10.1 Å². The van der Waals surface area contributed by atoms with Crippen molar-refractivity contribution < 1.29 is 13.0 Å². The molecule has 1 aromatic rings. The van der Waals surface area contributed by atoms with Gasteiger partial charge in [0.1, 0.15) is 0 Å². The molecule has 0 spiro atoms. The van der Waals surface area contributed by atoms with Crippen molar-refractivity contribution in [3.05, 3.63) is 29.8 Å². The molecular formula is C22H41NO3S. The van der Waals surface area contributed by atoms with Crippen LogP contribution in [0.5, 0.6) is 0 Å². The summed E-state index contributed by atoms with van der Waals surface area (Å²) in [6.07, 6.45) is 14.4. The molecule has 1 atom stereocenters. The minimum Gasteiger partial charge on any atom is -0.328 e. The Bertz CT molecular complexity index is 571. The topological polar surface area (TPSA) is 80.4 Å². The van der Waals surface area contributed by atoms with Gasteiger partial charge in [0.15, 0.2) is 0 Å². The fourth-order valence-electron chi connectivity index (χ4n) is 2.76. The summed E-state index contributed by atoms with van der Waals surface area (Å²) in [5.74, 6) is 0. The van der Waals surface area contributed by atoms with E-state index in [2.05, 4.69) is 13.8 Å². The molecule has 1 rings (SSSR count). The van der Waals surface area contributed by atoms with Crippen LogP contribution in [0.1, 0.15) is 97.0 Å². The maximum atomic E-state index is 11.3. The molecule has 3 N–H and O–H groups in total. The fraction of sp³-hybridized carbons (Fsp3) is 0.727. The van der Waals surface area contributed by atoms with Crippen LogP contribution in [0.2, 0.25) is 0 Å². The SMILES string of the molecule is CCC(C)N.CCCCCCCCCCCCc1ccccc1S(=O)(=O)O. The highest BCUT2D eigenvalue weighted by molar-refractivity contribution is 7.85. The van der Waals surface area contributed by atoms with Gasteiger partial charge >= 0.3 is 0 Å². The van der Waals surface area contributed by atoms with Gasteiger partial charge in [-0.2, -0.15) is 8.42 Å². The summed E-state index contributed by atoms with van der Waals surface area (Å²) < 4.78 is 31.8. The van der Waals surface area contributed by atoms with E-state index in [4.69, 9.17) is 5.73 Å². The summed E-state index contributed by atoms with van der Waals surface area (Å²) in [6.45, 7) is 6.31. The number of hydrogen-bond donors (Lipinski definition) is 2. The summed E-state index contributed by atoms with van der Waals surface area (Å²) in [7, 11) is -4.10. The third-order valence-electron chi connectivity index (χ3n) is 4.69. The molecule has 27 heavy (non-hydrogen) atoms. The zero-order valence-corrected chi connectivity index (χ0v) is 18.4. The smallest absolute Gasteiger partial charge is 0.294 e. The number of benzene rings is 1. The zero-order valence-electron chi connectivity index (χ0n) is 17.6. The van der Waals surface area contributed by atoms with Crippen molar-refractivity contribution in [3.63, 3.8) is 0 Å². The van der Waals surface area contributed by atoms with Crippen LogP contribution in [0.3, 0.4) is 0 Å². The van der Waals surface area contributed by atoms with Crippen molar-refractivity contribution in [3.8, 4) is 0 Å². The van der Waals surface area contributed by atoms with Crippen LogP contribution < -0.4 is 5.73 Å². The third-order valence-corrected chi connectivity index (χ3v) is 5.65. The Labute approximate surface area is 167 Å². The van der Waals surface area contributed by atoms with Crippen molar-refractivity contribution in [2.24, 2.45) is 5.73 Å². The number of hydrogen-bond acceptors (Lipinski definition) is 3. The molecule has 158 valence electrons. The highest BCUT2D eigenvalue weighted by atomic mass is 32.2. The van der Waals surface area contributed by atoms with Crippen molar-refractivity contribution in [2.45, 2.75) is 109 Å². The lowest BCUT2D eigenvalue weighted by molar-refractivity contribution is 0.481. The number of aryl methyl sites for hydroxylation is 1. The van der Waals surface area contributed by atoms with Gasteiger partial charge in [-0.25, -0.2) is 0 Å². The van der Waals surface area contributed by atoms with Crippen LogP contribution in [0.25, 0.3) is 0 Å². The third kappa shape index (κ3) is 14.8. The molecule has 0 aromatic heterocycles. The van der Waals surface area contributed by atoms with Crippen LogP contribution in [0, 0.1) is 0 Å². The van der Waals surface area contributed by atoms with Gasteiger partial charge in [-0.05, 0) is 37.8 Å². The van der Waals surface area contributed by atoms with Crippen LogP contribution in [-0.2, 0) is 16.5 Å². The first-order valence-corrected chi connectivity index (χ1v) is 12.1. The Morgan fingerprint density at radius 2 is 1.33 bits per heavy atom. The Kier molecular flexibility index (Phi) is 15.5. The summed E-state index contributed by atoms with van der Waals surface area (Å²) in [5, 5.41) is 0. The van der Waals surface area contributed by atoms with E-state index in [1.807, 2.05) is 13.0 Å². The minimum absolute atomic E-state index is 0.0610. The quantitative estimate of drug-likeness (QED) is 0.308. The molecule has 0 aliphatic rings. The van der Waals surface area contributed by atoms with Crippen LogP contribution in [0.4, 0.5) is 0 Å².